The Balaban J connectivity index is 0. The summed E-state index contributed by atoms with van der Waals surface area (Å²) in [4.78, 5) is 0. The van der Waals surface area contributed by atoms with Gasteiger partial charge in [-0.2, -0.15) is 3.63 Å². The second-order valence-electron chi connectivity index (χ2n) is 0.885. The summed E-state index contributed by atoms with van der Waals surface area (Å²) >= 11 is 0. The van der Waals surface area contributed by atoms with Crippen LogP contribution in [0.5, 0.6) is 0 Å². The molecule has 0 aromatic heterocycles. The van der Waals surface area contributed by atoms with Gasteiger partial charge in [0.1, 0.15) is 0 Å². The maximum absolute atomic E-state index is 9.29. The molecule has 0 aromatic rings. The standard InChI is InChI=1S/H2O7S2.Po/c1-8(2,3)7-9(4,5)6;/h(H,1,2,3)(H,4,5,6);/q;+2/p-2. The molecule has 0 saturated heterocycles. The van der Waals surface area contributed by atoms with E-state index in [2.05, 4.69) is 3.63 Å². The summed E-state index contributed by atoms with van der Waals surface area (Å²) in [6.45, 7) is 0. The monoisotopic (exact) mass is 385 g/mol. The van der Waals surface area contributed by atoms with Crippen molar-refractivity contribution >= 4 is 47.4 Å². The van der Waals surface area contributed by atoms with E-state index in [1.165, 1.54) is 0 Å². The molecular formula is O7PoS2. The van der Waals surface area contributed by atoms with Crippen LogP contribution in [0.1, 0.15) is 0 Å². The van der Waals surface area contributed by atoms with Gasteiger partial charge in [-0.1, -0.05) is 0 Å². The molecule has 60 valence electrons. The summed E-state index contributed by atoms with van der Waals surface area (Å²) in [7, 11) is -10.9. The van der Waals surface area contributed by atoms with E-state index in [4.69, 9.17) is 0 Å². The summed E-state index contributed by atoms with van der Waals surface area (Å²) < 4.78 is 58.2. The molecule has 0 heterocycles. The largest absolute Gasteiger partial charge is 2.00 e. The van der Waals surface area contributed by atoms with Crippen molar-refractivity contribution in [2.24, 2.45) is 0 Å². The molecule has 0 bridgehead atoms. The van der Waals surface area contributed by atoms with Crippen molar-refractivity contribution in [3.05, 3.63) is 0 Å². The van der Waals surface area contributed by atoms with Gasteiger partial charge in [0.25, 0.3) is 0 Å². The first-order valence-corrected chi connectivity index (χ1v) is 4.00. The molecule has 0 atom stereocenters. The third-order valence-corrected chi connectivity index (χ3v) is 1.50. The van der Waals surface area contributed by atoms with Crippen LogP contribution in [-0.4, -0.2) is 52.5 Å². The Morgan fingerprint density at radius 3 is 1.10 bits per heavy atom. The zero-order chi connectivity index (χ0) is 7.71. The van der Waals surface area contributed by atoms with Crippen LogP contribution < -0.4 is 0 Å². The molecular weight excluding hydrogens is 385 g/mol. The van der Waals surface area contributed by atoms with Crippen molar-refractivity contribution in [3.8, 4) is 0 Å². The van der Waals surface area contributed by atoms with Crippen LogP contribution in [0.25, 0.3) is 0 Å². The summed E-state index contributed by atoms with van der Waals surface area (Å²) in [5, 5.41) is 0. The molecule has 4 radical (unpaired) electrons. The average molecular weight is 385 g/mol. The van der Waals surface area contributed by atoms with Crippen molar-refractivity contribution in [1.29, 1.82) is 0 Å². The molecule has 0 aliphatic heterocycles. The van der Waals surface area contributed by atoms with Crippen LogP contribution >= 0.6 is 0 Å². The Bertz CT molecular complexity index is 237. The van der Waals surface area contributed by atoms with E-state index in [1.54, 1.807) is 0 Å². The molecule has 0 rings (SSSR count). The third kappa shape index (κ3) is 11.5. The van der Waals surface area contributed by atoms with Crippen LogP contribution in [-0.2, 0) is 24.4 Å². The van der Waals surface area contributed by atoms with Crippen molar-refractivity contribution < 1.29 is 29.6 Å². The first-order chi connectivity index (χ1) is 3.71. The van der Waals surface area contributed by atoms with Gasteiger partial charge in [-0.05, 0) is 0 Å². The SMILES string of the molecule is O=S(=O)([O-])OS(=O)(=O)[O-].[Po+2]. The maximum atomic E-state index is 9.29. The predicted molar refractivity (Wildman–Crippen MR) is 26.2 cm³/mol. The Hall–Kier alpha value is 0.676. The molecule has 7 nitrogen and oxygen atoms in total. The molecule has 0 fully saturated rings. The number of hydrogen-bond donors (Lipinski definition) is 0. The Morgan fingerprint density at radius 1 is 0.900 bits per heavy atom. The van der Waals surface area contributed by atoms with Gasteiger partial charge < -0.3 is 9.11 Å². The van der Waals surface area contributed by atoms with Gasteiger partial charge in [0.2, 0.25) is 20.8 Å². The van der Waals surface area contributed by atoms with Gasteiger partial charge in [-0.25, -0.2) is 16.8 Å². The molecule has 10 heavy (non-hydrogen) atoms. The molecule has 0 saturated carbocycles. The molecule has 0 spiro atoms. The van der Waals surface area contributed by atoms with E-state index in [-0.39, 0.29) is 26.6 Å². The quantitative estimate of drug-likeness (QED) is 0.382. The van der Waals surface area contributed by atoms with E-state index < -0.39 is 20.8 Å². The average Bonchev–Trinajstić information content (AvgIpc) is 1.14. The first-order valence-electron chi connectivity index (χ1n) is 1.33. The van der Waals surface area contributed by atoms with Crippen LogP contribution in [0.4, 0.5) is 0 Å². The van der Waals surface area contributed by atoms with E-state index in [0.717, 1.165) is 0 Å². The minimum absolute atomic E-state index is 0. The molecule has 0 aliphatic rings. The van der Waals surface area contributed by atoms with Crippen molar-refractivity contribution in [2.75, 3.05) is 0 Å². The van der Waals surface area contributed by atoms with Crippen molar-refractivity contribution in [3.63, 3.8) is 0 Å². The maximum Gasteiger partial charge on any atom is 2.00 e. The van der Waals surface area contributed by atoms with Crippen LogP contribution in [0.15, 0.2) is 0 Å². The van der Waals surface area contributed by atoms with Gasteiger partial charge in [0, 0.05) is 0 Å². The molecule has 10 heteroatoms. The van der Waals surface area contributed by atoms with Gasteiger partial charge in [-0.15, -0.1) is 0 Å². The van der Waals surface area contributed by atoms with Crippen LogP contribution in [0.2, 0.25) is 0 Å². The zero-order valence-corrected chi connectivity index (χ0v) is 8.89. The smallest absolute Gasteiger partial charge is 0.725 e. The topological polar surface area (TPSA) is 124 Å². The summed E-state index contributed by atoms with van der Waals surface area (Å²) in [6, 6.07) is 0. The van der Waals surface area contributed by atoms with Gasteiger partial charge >= 0.3 is 26.6 Å². The Morgan fingerprint density at radius 2 is 1.10 bits per heavy atom. The van der Waals surface area contributed by atoms with E-state index in [0.29, 0.717) is 0 Å². The summed E-state index contributed by atoms with van der Waals surface area (Å²) in [5.41, 5.74) is 0. The molecule has 0 amide bonds. The van der Waals surface area contributed by atoms with E-state index in [1.807, 2.05) is 0 Å². The molecule has 0 unspecified atom stereocenters. The van der Waals surface area contributed by atoms with E-state index in [9.17, 15) is 25.9 Å². The van der Waals surface area contributed by atoms with Crippen molar-refractivity contribution in [1.82, 2.24) is 0 Å². The first kappa shape index (κ1) is 13.3. The van der Waals surface area contributed by atoms with Crippen molar-refractivity contribution in [2.45, 2.75) is 0 Å². The minimum Gasteiger partial charge on any atom is -0.725 e. The van der Waals surface area contributed by atoms with Crippen LogP contribution in [0, 0.1) is 0 Å². The molecule has 0 N–H and O–H groups in total. The third-order valence-electron chi connectivity index (χ3n) is 0.167. The van der Waals surface area contributed by atoms with Gasteiger partial charge in [-0.3, -0.25) is 0 Å². The molecule has 0 aliphatic carbocycles. The fraction of sp³-hybridized carbons (Fsp3) is 0. The Labute approximate surface area is 76.8 Å². The summed E-state index contributed by atoms with van der Waals surface area (Å²) in [5.74, 6) is 0. The van der Waals surface area contributed by atoms with Gasteiger partial charge in [0.05, 0.1) is 0 Å². The van der Waals surface area contributed by atoms with Gasteiger partial charge in [0.15, 0.2) is 0 Å². The van der Waals surface area contributed by atoms with E-state index >= 15 is 0 Å². The number of rotatable bonds is 2. The fourth-order valence-corrected chi connectivity index (χ4v) is 0.919. The number of hydrogen-bond acceptors (Lipinski definition) is 7. The zero-order valence-electron chi connectivity index (χ0n) is 4.08. The van der Waals surface area contributed by atoms with Crippen LogP contribution in [0.3, 0.4) is 0 Å². The second-order valence-corrected chi connectivity index (χ2v) is 3.06. The molecule has 0 aromatic carbocycles. The minimum atomic E-state index is -5.43. The fourth-order valence-electron chi connectivity index (χ4n) is 0.102. The summed E-state index contributed by atoms with van der Waals surface area (Å²) in [6.07, 6.45) is 0. The Kier molecular flexibility index (Phi) is 5.17. The second kappa shape index (κ2) is 3.89. The predicted octanol–water partition coefficient (Wildman–Crippen LogP) is -2.46. The normalized spacial score (nSPS) is 12.2.